The van der Waals surface area contributed by atoms with Gasteiger partial charge in [0.1, 0.15) is 5.75 Å². The minimum absolute atomic E-state index is 0.0550. The largest absolute Gasteiger partial charge is 0.492 e. The first-order valence-electron chi connectivity index (χ1n) is 13.0. The zero-order valence-electron chi connectivity index (χ0n) is 23.1. The summed E-state index contributed by atoms with van der Waals surface area (Å²) in [5.74, 6) is -0.152. The van der Waals surface area contributed by atoms with Gasteiger partial charge in [0.25, 0.3) is 0 Å². The Labute approximate surface area is 259 Å². The van der Waals surface area contributed by atoms with Crippen LogP contribution in [0.2, 0.25) is 15.1 Å². The first-order chi connectivity index (χ1) is 20.1. The van der Waals surface area contributed by atoms with Crippen molar-refractivity contribution in [3.05, 3.63) is 80.8 Å². The molecular formula is C30H32Cl3NO8. The number of hydrogen-bond acceptors (Lipinski definition) is 9. The lowest BCUT2D eigenvalue weighted by Gasteiger charge is -2.19. The third-order valence-corrected chi connectivity index (χ3v) is 7.08. The Morgan fingerprint density at radius 3 is 2.10 bits per heavy atom. The second-order valence-corrected chi connectivity index (χ2v) is 10.4. The standard InChI is InChI=1S/C30H32Cl3NO8/c1-39-28(37)10-7-18-15-22(32)29(23(33)16-18)42-14-12-26(36)25(35)11-13-41-27-9-8-19(17-21(27)31)34-24-6-4-3-5-20(24)30(38)40-2/h3-6,8-9,15-17,25-26,34-36H,7,10-14H2,1-2H3. The van der Waals surface area contributed by atoms with Gasteiger partial charge in [-0.3, -0.25) is 4.79 Å². The Balaban J connectivity index is 1.45. The van der Waals surface area contributed by atoms with Crippen LogP contribution < -0.4 is 14.8 Å². The third-order valence-electron chi connectivity index (χ3n) is 6.22. The molecule has 0 aliphatic carbocycles. The summed E-state index contributed by atoms with van der Waals surface area (Å²) in [6, 6.07) is 15.3. The minimum Gasteiger partial charge on any atom is -0.492 e. The highest BCUT2D eigenvalue weighted by Crippen LogP contribution is 2.35. The van der Waals surface area contributed by atoms with Crippen LogP contribution in [0.3, 0.4) is 0 Å². The van der Waals surface area contributed by atoms with E-state index in [0.717, 1.165) is 5.56 Å². The molecule has 3 aromatic rings. The number of esters is 2. The van der Waals surface area contributed by atoms with Crippen LogP contribution in [0.4, 0.5) is 11.4 Å². The van der Waals surface area contributed by atoms with Crippen molar-refractivity contribution in [2.75, 3.05) is 32.8 Å². The molecule has 3 N–H and O–H groups in total. The average Bonchev–Trinajstić information content (AvgIpc) is 2.98. The summed E-state index contributed by atoms with van der Waals surface area (Å²) in [4.78, 5) is 23.4. The van der Waals surface area contributed by atoms with Gasteiger partial charge in [-0.15, -0.1) is 0 Å². The zero-order chi connectivity index (χ0) is 30.6. The number of rotatable bonds is 15. The molecule has 0 heterocycles. The van der Waals surface area contributed by atoms with Crippen LogP contribution in [0.5, 0.6) is 11.5 Å². The van der Waals surface area contributed by atoms with Gasteiger partial charge in [-0.1, -0.05) is 46.9 Å². The number of carbonyl (C=O) groups is 2. The smallest absolute Gasteiger partial charge is 0.339 e. The quantitative estimate of drug-likeness (QED) is 0.166. The summed E-state index contributed by atoms with van der Waals surface area (Å²) in [7, 11) is 2.64. The van der Waals surface area contributed by atoms with E-state index in [0.29, 0.717) is 34.1 Å². The van der Waals surface area contributed by atoms with Crippen LogP contribution in [0.1, 0.15) is 35.2 Å². The Bertz CT molecular complexity index is 1350. The molecule has 42 heavy (non-hydrogen) atoms. The van der Waals surface area contributed by atoms with E-state index in [2.05, 4.69) is 10.1 Å². The number of aliphatic hydroxyl groups excluding tert-OH is 2. The van der Waals surface area contributed by atoms with Crippen LogP contribution in [0, 0.1) is 0 Å². The van der Waals surface area contributed by atoms with Gasteiger partial charge in [0, 0.05) is 24.9 Å². The Hall–Kier alpha value is -3.21. The van der Waals surface area contributed by atoms with E-state index in [-0.39, 0.29) is 54.2 Å². The van der Waals surface area contributed by atoms with Crippen LogP contribution in [0.25, 0.3) is 0 Å². The van der Waals surface area contributed by atoms with Crippen LogP contribution in [0.15, 0.2) is 54.6 Å². The van der Waals surface area contributed by atoms with Gasteiger partial charge in [0.15, 0.2) is 5.75 Å². The number of aliphatic hydroxyl groups is 2. The van der Waals surface area contributed by atoms with Crippen molar-refractivity contribution in [1.29, 1.82) is 0 Å². The molecular weight excluding hydrogens is 609 g/mol. The normalized spacial score (nSPS) is 12.3. The van der Waals surface area contributed by atoms with E-state index in [4.69, 9.17) is 49.0 Å². The van der Waals surface area contributed by atoms with E-state index in [1.54, 1.807) is 54.6 Å². The van der Waals surface area contributed by atoms with Crippen molar-refractivity contribution >= 4 is 58.1 Å². The van der Waals surface area contributed by atoms with Gasteiger partial charge in [-0.05, 0) is 54.4 Å². The highest BCUT2D eigenvalue weighted by Gasteiger charge is 2.18. The number of benzene rings is 3. The molecule has 2 atom stereocenters. The molecule has 3 rings (SSSR count). The van der Waals surface area contributed by atoms with Crippen LogP contribution >= 0.6 is 34.8 Å². The van der Waals surface area contributed by atoms with E-state index in [1.165, 1.54) is 14.2 Å². The first-order valence-corrected chi connectivity index (χ1v) is 14.2. The Morgan fingerprint density at radius 1 is 0.833 bits per heavy atom. The fourth-order valence-corrected chi connectivity index (χ4v) is 4.81. The molecule has 0 amide bonds. The molecule has 0 aliphatic rings. The van der Waals surface area contributed by atoms with Gasteiger partial charge in [0.05, 0.1) is 66.0 Å². The number of aryl methyl sites for hydroxylation is 1. The molecule has 12 heteroatoms. The monoisotopic (exact) mass is 639 g/mol. The fourth-order valence-electron chi connectivity index (χ4n) is 3.93. The molecule has 3 aromatic carbocycles. The van der Waals surface area contributed by atoms with Crippen LogP contribution in [-0.2, 0) is 20.7 Å². The Morgan fingerprint density at radius 2 is 1.48 bits per heavy atom. The van der Waals surface area contributed by atoms with E-state index < -0.39 is 18.2 Å². The molecule has 0 saturated carbocycles. The SMILES string of the molecule is COC(=O)CCc1cc(Cl)c(OCCC(O)C(O)CCOc2ccc(Nc3ccccc3C(=O)OC)cc2Cl)c(Cl)c1. The molecule has 0 fully saturated rings. The molecule has 0 spiro atoms. The molecule has 9 nitrogen and oxygen atoms in total. The summed E-state index contributed by atoms with van der Waals surface area (Å²) in [6.45, 7) is 0.154. The summed E-state index contributed by atoms with van der Waals surface area (Å²) in [6.07, 6.45) is -1.29. The number of para-hydroxylation sites is 1. The zero-order valence-corrected chi connectivity index (χ0v) is 25.3. The van der Waals surface area contributed by atoms with Crippen molar-refractivity contribution in [1.82, 2.24) is 0 Å². The molecule has 0 radical (unpaired) electrons. The topological polar surface area (TPSA) is 124 Å². The number of halogens is 3. The Kier molecular flexibility index (Phi) is 13.0. The summed E-state index contributed by atoms with van der Waals surface area (Å²) in [5.41, 5.74) is 2.33. The number of hydrogen-bond donors (Lipinski definition) is 3. The highest BCUT2D eigenvalue weighted by molar-refractivity contribution is 6.37. The lowest BCUT2D eigenvalue weighted by molar-refractivity contribution is -0.140. The number of nitrogens with one attached hydrogen (secondary N) is 1. The maximum Gasteiger partial charge on any atom is 0.339 e. The van der Waals surface area contributed by atoms with Gasteiger partial charge < -0.3 is 34.5 Å². The fraction of sp³-hybridized carbons (Fsp3) is 0.333. The number of ether oxygens (including phenoxy) is 4. The molecule has 0 bridgehead atoms. The third kappa shape index (κ3) is 9.68. The van der Waals surface area contributed by atoms with Crippen molar-refractivity contribution in [3.8, 4) is 11.5 Å². The van der Waals surface area contributed by atoms with Gasteiger partial charge in [-0.2, -0.15) is 0 Å². The van der Waals surface area contributed by atoms with E-state index in [9.17, 15) is 19.8 Å². The average molecular weight is 641 g/mol. The van der Waals surface area contributed by atoms with E-state index in [1.807, 2.05) is 0 Å². The van der Waals surface area contributed by atoms with Gasteiger partial charge in [0.2, 0.25) is 0 Å². The predicted octanol–water partition coefficient (Wildman–Crippen LogP) is 6.24. The number of anilines is 2. The molecule has 2 unspecified atom stereocenters. The number of carbonyl (C=O) groups excluding carboxylic acids is 2. The van der Waals surface area contributed by atoms with Crippen molar-refractivity contribution < 1.29 is 38.7 Å². The highest BCUT2D eigenvalue weighted by atomic mass is 35.5. The summed E-state index contributed by atoms with van der Waals surface area (Å²) in [5, 5.41) is 24.8. The summed E-state index contributed by atoms with van der Waals surface area (Å²) >= 11 is 19.0. The van der Waals surface area contributed by atoms with Gasteiger partial charge >= 0.3 is 11.9 Å². The maximum absolute atomic E-state index is 12.0. The lowest BCUT2D eigenvalue weighted by Crippen LogP contribution is -2.29. The summed E-state index contributed by atoms with van der Waals surface area (Å²) < 4.78 is 20.8. The van der Waals surface area contributed by atoms with Crippen molar-refractivity contribution in [2.24, 2.45) is 0 Å². The van der Waals surface area contributed by atoms with Crippen molar-refractivity contribution in [2.45, 2.75) is 37.9 Å². The van der Waals surface area contributed by atoms with Gasteiger partial charge in [-0.25, -0.2) is 4.79 Å². The van der Waals surface area contributed by atoms with E-state index >= 15 is 0 Å². The second kappa shape index (κ2) is 16.4. The molecule has 0 aliphatic heterocycles. The van der Waals surface area contributed by atoms with Crippen LogP contribution in [-0.4, -0.2) is 61.8 Å². The minimum atomic E-state index is -1.08. The first kappa shape index (κ1) is 33.3. The number of methoxy groups -OCH3 is 2. The predicted molar refractivity (Wildman–Crippen MR) is 162 cm³/mol. The van der Waals surface area contributed by atoms with Crippen molar-refractivity contribution in [3.63, 3.8) is 0 Å². The molecule has 0 aromatic heterocycles. The maximum atomic E-state index is 12.0. The molecule has 0 saturated heterocycles. The second-order valence-electron chi connectivity index (χ2n) is 9.18. The molecule has 226 valence electrons. The lowest BCUT2D eigenvalue weighted by atomic mass is 10.1.